The Kier molecular flexibility index (Phi) is 2.18. The van der Waals surface area contributed by atoms with Crippen LogP contribution in [0.2, 0.25) is 0 Å². The van der Waals surface area contributed by atoms with Gasteiger partial charge >= 0.3 is 5.97 Å². The molecule has 1 aliphatic carbocycles. The molecule has 0 spiro atoms. The Morgan fingerprint density at radius 2 is 2.43 bits per heavy atom. The summed E-state index contributed by atoms with van der Waals surface area (Å²) in [6.45, 7) is 0. The molecule has 0 unspecified atom stereocenters. The van der Waals surface area contributed by atoms with E-state index in [-0.39, 0.29) is 5.69 Å². The van der Waals surface area contributed by atoms with Gasteiger partial charge in [-0.1, -0.05) is 18.2 Å². The predicted octanol–water partition coefficient (Wildman–Crippen LogP) is 1.84. The average molecular weight is 190 g/mol. The van der Waals surface area contributed by atoms with Crippen molar-refractivity contribution in [1.82, 2.24) is 10.2 Å². The first kappa shape index (κ1) is 8.74. The van der Waals surface area contributed by atoms with Crippen LogP contribution in [0.15, 0.2) is 24.3 Å². The van der Waals surface area contributed by atoms with Gasteiger partial charge in [-0.2, -0.15) is 5.10 Å². The van der Waals surface area contributed by atoms with E-state index in [1.54, 1.807) is 6.07 Å². The second-order valence-electron chi connectivity index (χ2n) is 3.13. The van der Waals surface area contributed by atoms with Crippen LogP contribution in [-0.2, 0) is 0 Å². The standard InChI is InChI=1S/C10H10N2O2/c13-10(14)9-6-8(11-12-9)7-4-2-1-3-5-7/h1-2,4,6H,3,5H2,(H,11,12)(H,13,14). The molecule has 0 aromatic carbocycles. The molecular weight excluding hydrogens is 180 g/mol. The summed E-state index contributed by atoms with van der Waals surface area (Å²) in [5.41, 5.74) is 1.94. The van der Waals surface area contributed by atoms with Crippen LogP contribution >= 0.6 is 0 Å². The Morgan fingerprint density at radius 1 is 1.57 bits per heavy atom. The fraction of sp³-hybridized carbons (Fsp3) is 0.200. The molecule has 1 aliphatic rings. The van der Waals surface area contributed by atoms with Crippen molar-refractivity contribution >= 4 is 11.5 Å². The van der Waals surface area contributed by atoms with Crippen molar-refractivity contribution in [3.63, 3.8) is 0 Å². The summed E-state index contributed by atoms with van der Waals surface area (Å²) in [4.78, 5) is 10.6. The van der Waals surface area contributed by atoms with E-state index in [0.717, 1.165) is 24.1 Å². The van der Waals surface area contributed by atoms with Crippen molar-refractivity contribution in [1.29, 1.82) is 0 Å². The zero-order chi connectivity index (χ0) is 9.97. The van der Waals surface area contributed by atoms with Gasteiger partial charge < -0.3 is 5.11 Å². The average Bonchev–Trinajstić information content (AvgIpc) is 2.68. The first-order valence-electron chi connectivity index (χ1n) is 4.42. The molecule has 0 bridgehead atoms. The topological polar surface area (TPSA) is 66.0 Å². The number of rotatable bonds is 2. The Balaban J connectivity index is 2.28. The van der Waals surface area contributed by atoms with Crippen molar-refractivity contribution in [2.75, 3.05) is 0 Å². The van der Waals surface area contributed by atoms with Crippen molar-refractivity contribution in [3.8, 4) is 0 Å². The van der Waals surface area contributed by atoms with Gasteiger partial charge in [0.1, 0.15) is 5.69 Å². The van der Waals surface area contributed by atoms with Crippen LogP contribution in [0.25, 0.3) is 5.57 Å². The number of nitrogens with one attached hydrogen (secondary N) is 1. The molecule has 4 heteroatoms. The van der Waals surface area contributed by atoms with E-state index in [4.69, 9.17) is 5.11 Å². The zero-order valence-electron chi connectivity index (χ0n) is 7.53. The quantitative estimate of drug-likeness (QED) is 0.747. The maximum Gasteiger partial charge on any atom is 0.353 e. The molecule has 72 valence electrons. The number of carbonyl (C=O) groups is 1. The maximum atomic E-state index is 10.6. The number of aromatic carboxylic acids is 1. The molecule has 4 nitrogen and oxygen atoms in total. The van der Waals surface area contributed by atoms with E-state index in [2.05, 4.69) is 16.3 Å². The second kappa shape index (κ2) is 3.49. The van der Waals surface area contributed by atoms with E-state index in [1.165, 1.54) is 0 Å². The van der Waals surface area contributed by atoms with Crippen LogP contribution in [0, 0.1) is 0 Å². The number of H-pyrrole nitrogens is 1. The normalized spacial score (nSPS) is 15.3. The molecule has 2 rings (SSSR count). The summed E-state index contributed by atoms with van der Waals surface area (Å²) in [5.74, 6) is -0.976. The highest BCUT2D eigenvalue weighted by atomic mass is 16.4. The molecular formula is C10H10N2O2. The van der Waals surface area contributed by atoms with Crippen molar-refractivity contribution in [2.24, 2.45) is 0 Å². The number of allylic oxidation sites excluding steroid dienone is 4. The SMILES string of the molecule is O=C(O)c1cc(C2=CC=CCC2)n[nH]1. The number of carboxylic acids is 1. The summed E-state index contributed by atoms with van der Waals surface area (Å²) in [6.07, 6.45) is 7.91. The first-order chi connectivity index (χ1) is 6.77. The lowest BCUT2D eigenvalue weighted by Crippen LogP contribution is -1.95. The molecule has 1 heterocycles. The summed E-state index contributed by atoms with van der Waals surface area (Å²) in [6, 6.07) is 1.56. The van der Waals surface area contributed by atoms with Gasteiger partial charge in [0.25, 0.3) is 0 Å². The maximum absolute atomic E-state index is 10.6. The van der Waals surface area contributed by atoms with E-state index in [1.807, 2.05) is 12.2 Å². The third kappa shape index (κ3) is 1.59. The lowest BCUT2D eigenvalue weighted by Gasteiger charge is -2.04. The fourth-order valence-corrected chi connectivity index (χ4v) is 1.41. The second-order valence-corrected chi connectivity index (χ2v) is 3.13. The molecule has 14 heavy (non-hydrogen) atoms. The summed E-state index contributed by atoms with van der Waals surface area (Å²) in [7, 11) is 0. The van der Waals surface area contributed by atoms with Crippen molar-refractivity contribution in [2.45, 2.75) is 12.8 Å². The summed E-state index contributed by atoms with van der Waals surface area (Å²) < 4.78 is 0. The molecule has 0 saturated carbocycles. The summed E-state index contributed by atoms with van der Waals surface area (Å²) >= 11 is 0. The predicted molar refractivity (Wildman–Crippen MR) is 51.9 cm³/mol. The number of hydrogen-bond donors (Lipinski definition) is 2. The van der Waals surface area contributed by atoms with Gasteiger partial charge in [0, 0.05) is 0 Å². The van der Waals surface area contributed by atoms with Crippen LogP contribution in [0.5, 0.6) is 0 Å². The Hall–Kier alpha value is -1.84. The van der Waals surface area contributed by atoms with Gasteiger partial charge in [0.2, 0.25) is 0 Å². The molecule has 1 aromatic heterocycles. The van der Waals surface area contributed by atoms with E-state index >= 15 is 0 Å². The minimum atomic E-state index is -0.976. The highest BCUT2D eigenvalue weighted by molar-refractivity contribution is 5.86. The lowest BCUT2D eigenvalue weighted by molar-refractivity contribution is 0.0690. The van der Waals surface area contributed by atoms with Gasteiger partial charge in [0.05, 0.1) is 5.69 Å². The first-order valence-corrected chi connectivity index (χ1v) is 4.42. The van der Waals surface area contributed by atoms with Gasteiger partial charge in [-0.05, 0) is 24.5 Å². The van der Waals surface area contributed by atoms with Crippen LogP contribution in [0.1, 0.15) is 29.0 Å². The van der Waals surface area contributed by atoms with Gasteiger partial charge in [0.15, 0.2) is 0 Å². The van der Waals surface area contributed by atoms with Gasteiger partial charge in [-0.3, -0.25) is 5.10 Å². The monoisotopic (exact) mass is 190 g/mol. The highest BCUT2D eigenvalue weighted by Crippen LogP contribution is 2.21. The molecule has 0 atom stereocenters. The molecule has 0 saturated heterocycles. The van der Waals surface area contributed by atoms with Crippen LogP contribution in [0.3, 0.4) is 0 Å². The highest BCUT2D eigenvalue weighted by Gasteiger charge is 2.11. The van der Waals surface area contributed by atoms with E-state index in [0.29, 0.717) is 0 Å². The number of hydrogen-bond acceptors (Lipinski definition) is 2. The Labute approximate surface area is 81.0 Å². The van der Waals surface area contributed by atoms with Crippen molar-refractivity contribution in [3.05, 3.63) is 35.7 Å². The van der Waals surface area contributed by atoms with Crippen LogP contribution < -0.4 is 0 Å². The van der Waals surface area contributed by atoms with Gasteiger partial charge in [-0.25, -0.2) is 4.79 Å². The van der Waals surface area contributed by atoms with E-state index < -0.39 is 5.97 Å². The number of aromatic amines is 1. The minimum absolute atomic E-state index is 0.135. The van der Waals surface area contributed by atoms with E-state index in [9.17, 15) is 4.79 Å². The van der Waals surface area contributed by atoms with Crippen molar-refractivity contribution < 1.29 is 9.90 Å². The van der Waals surface area contributed by atoms with Crippen LogP contribution in [0.4, 0.5) is 0 Å². The number of aromatic nitrogens is 2. The molecule has 2 N–H and O–H groups in total. The smallest absolute Gasteiger partial charge is 0.353 e. The number of nitrogens with zero attached hydrogens (tertiary/aromatic N) is 1. The number of carboxylic acid groups (broad SMARTS) is 1. The molecule has 0 aliphatic heterocycles. The lowest BCUT2D eigenvalue weighted by atomic mass is 10.0. The van der Waals surface area contributed by atoms with Crippen LogP contribution in [-0.4, -0.2) is 21.3 Å². The Bertz CT molecular complexity index is 416. The molecule has 0 radical (unpaired) electrons. The molecule has 0 fully saturated rings. The molecule has 1 aromatic rings. The fourth-order valence-electron chi connectivity index (χ4n) is 1.41. The molecule has 0 amide bonds. The minimum Gasteiger partial charge on any atom is -0.477 e. The Morgan fingerprint density at radius 3 is 3.00 bits per heavy atom. The van der Waals surface area contributed by atoms with Gasteiger partial charge in [-0.15, -0.1) is 0 Å². The summed E-state index contributed by atoms with van der Waals surface area (Å²) in [5, 5.41) is 15.1. The zero-order valence-corrected chi connectivity index (χ0v) is 7.53. The third-order valence-electron chi connectivity index (χ3n) is 2.15. The third-order valence-corrected chi connectivity index (χ3v) is 2.15. The largest absolute Gasteiger partial charge is 0.477 e.